The van der Waals surface area contributed by atoms with E-state index in [1.54, 1.807) is 55.6 Å². The van der Waals surface area contributed by atoms with Crippen molar-refractivity contribution in [3.05, 3.63) is 59.2 Å². The lowest BCUT2D eigenvalue weighted by atomic mass is 10.2. The maximum atomic E-state index is 12.3. The van der Waals surface area contributed by atoms with E-state index in [-0.39, 0.29) is 25.3 Å². The fraction of sp³-hybridized carbons (Fsp3) is 0.190. The molecule has 1 aliphatic heterocycles. The fourth-order valence-corrected chi connectivity index (χ4v) is 3.10. The number of benzene rings is 2. The first kappa shape index (κ1) is 20.7. The molecule has 4 N–H and O–H groups in total. The number of aliphatic hydroxyl groups excluding tert-OH is 1. The number of amides is 1. The Bertz CT molecular complexity index is 1110. The Morgan fingerprint density at radius 1 is 1.23 bits per heavy atom. The number of carbonyl (C=O) groups is 1. The van der Waals surface area contributed by atoms with Crippen molar-refractivity contribution in [2.24, 2.45) is 0 Å². The van der Waals surface area contributed by atoms with Gasteiger partial charge in [0.25, 0.3) is 5.91 Å². The minimum absolute atomic E-state index is 0.127. The number of aliphatic hydroxyl groups is 1. The summed E-state index contributed by atoms with van der Waals surface area (Å²) < 4.78 is 10.9. The zero-order valence-corrected chi connectivity index (χ0v) is 17.3. The van der Waals surface area contributed by atoms with Gasteiger partial charge in [0.15, 0.2) is 11.5 Å². The highest BCUT2D eigenvalue weighted by atomic mass is 35.5. The van der Waals surface area contributed by atoms with Crippen LogP contribution in [0.5, 0.6) is 11.5 Å². The van der Waals surface area contributed by atoms with Crippen LogP contribution >= 0.6 is 11.6 Å². The van der Waals surface area contributed by atoms with E-state index in [1.807, 2.05) is 0 Å². The standard InChI is InChI=1S/C21H20ClN5O4/c1-12(10-28)24-20(29)13-3-2-4-14(9-13)25-21-23-8-7-17(27-21)26-18-15(22)5-6-16-19(18)31-11-30-16/h2-9,12,28H,10-11H2,1H3,(H,24,29)(H2,23,25,26,27)/t12-/m0/s1. The van der Waals surface area contributed by atoms with E-state index >= 15 is 0 Å². The highest BCUT2D eigenvalue weighted by molar-refractivity contribution is 6.33. The number of aromatic nitrogens is 2. The summed E-state index contributed by atoms with van der Waals surface area (Å²) in [5.74, 6) is 1.67. The molecular weight excluding hydrogens is 422 g/mol. The molecule has 9 nitrogen and oxygen atoms in total. The van der Waals surface area contributed by atoms with Crippen molar-refractivity contribution in [3.63, 3.8) is 0 Å². The number of anilines is 4. The molecule has 0 fully saturated rings. The second-order valence-corrected chi connectivity index (χ2v) is 7.22. The van der Waals surface area contributed by atoms with Crippen molar-refractivity contribution in [2.45, 2.75) is 13.0 Å². The number of hydrogen-bond acceptors (Lipinski definition) is 8. The van der Waals surface area contributed by atoms with E-state index in [4.69, 9.17) is 26.2 Å². The van der Waals surface area contributed by atoms with Gasteiger partial charge in [0, 0.05) is 23.5 Å². The number of nitrogens with one attached hydrogen (secondary N) is 3. The van der Waals surface area contributed by atoms with Gasteiger partial charge in [-0.3, -0.25) is 4.79 Å². The van der Waals surface area contributed by atoms with Crippen molar-refractivity contribution < 1.29 is 19.4 Å². The van der Waals surface area contributed by atoms with Crippen LogP contribution in [0.4, 0.5) is 23.1 Å². The molecule has 1 amide bonds. The molecule has 160 valence electrons. The van der Waals surface area contributed by atoms with Gasteiger partial charge in [0.05, 0.1) is 11.6 Å². The highest BCUT2D eigenvalue weighted by Gasteiger charge is 2.21. The van der Waals surface area contributed by atoms with Crippen LogP contribution in [0.1, 0.15) is 17.3 Å². The van der Waals surface area contributed by atoms with Crippen molar-refractivity contribution in [1.29, 1.82) is 0 Å². The second kappa shape index (κ2) is 9.07. The van der Waals surface area contributed by atoms with Gasteiger partial charge < -0.3 is 30.5 Å². The van der Waals surface area contributed by atoms with Crippen molar-refractivity contribution in [1.82, 2.24) is 15.3 Å². The summed E-state index contributed by atoms with van der Waals surface area (Å²) in [6.07, 6.45) is 1.59. The van der Waals surface area contributed by atoms with Gasteiger partial charge in [-0.15, -0.1) is 0 Å². The molecule has 2 aromatic carbocycles. The molecule has 0 aliphatic carbocycles. The maximum Gasteiger partial charge on any atom is 0.251 e. The molecular formula is C21H20ClN5O4. The van der Waals surface area contributed by atoms with Gasteiger partial charge in [-0.05, 0) is 43.3 Å². The van der Waals surface area contributed by atoms with E-state index in [9.17, 15) is 4.79 Å². The lowest BCUT2D eigenvalue weighted by molar-refractivity contribution is 0.0922. The number of rotatable bonds is 7. The SMILES string of the molecule is C[C@@H](CO)NC(=O)c1cccc(Nc2nccc(Nc3c(Cl)ccc4c3OCO4)n2)c1. The monoisotopic (exact) mass is 441 g/mol. The minimum Gasteiger partial charge on any atom is -0.454 e. The summed E-state index contributed by atoms with van der Waals surface area (Å²) in [6, 6.07) is 11.7. The van der Waals surface area contributed by atoms with E-state index in [1.165, 1.54) is 0 Å². The second-order valence-electron chi connectivity index (χ2n) is 6.81. The number of halogens is 1. The van der Waals surface area contributed by atoms with Gasteiger partial charge in [-0.25, -0.2) is 4.98 Å². The Morgan fingerprint density at radius 2 is 2.10 bits per heavy atom. The molecule has 3 aromatic rings. The van der Waals surface area contributed by atoms with Crippen molar-refractivity contribution >= 4 is 40.6 Å². The molecule has 2 heterocycles. The molecule has 0 saturated heterocycles. The Hall–Kier alpha value is -3.56. The third kappa shape index (κ3) is 4.79. The summed E-state index contributed by atoms with van der Waals surface area (Å²) in [7, 11) is 0. The predicted octanol–water partition coefficient (Wildman–Crippen LogP) is 3.46. The van der Waals surface area contributed by atoms with Crippen LogP contribution in [0, 0.1) is 0 Å². The Labute approximate surface area is 183 Å². The lowest BCUT2D eigenvalue weighted by Crippen LogP contribution is -2.34. The zero-order chi connectivity index (χ0) is 21.8. The summed E-state index contributed by atoms with van der Waals surface area (Å²) in [4.78, 5) is 20.9. The average molecular weight is 442 g/mol. The van der Waals surface area contributed by atoms with Gasteiger partial charge in [-0.2, -0.15) is 4.98 Å². The molecule has 0 bridgehead atoms. The van der Waals surface area contributed by atoms with Crippen LogP contribution in [-0.4, -0.2) is 40.4 Å². The third-order valence-electron chi connectivity index (χ3n) is 4.43. The van der Waals surface area contributed by atoms with E-state index in [2.05, 4.69) is 25.9 Å². The van der Waals surface area contributed by atoms with E-state index in [0.29, 0.717) is 45.2 Å². The number of ether oxygens (including phenoxy) is 2. The number of carbonyl (C=O) groups excluding carboxylic acids is 1. The Balaban J connectivity index is 1.51. The molecule has 0 unspecified atom stereocenters. The van der Waals surface area contributed by atoms with Crippen molar-refractivity contribution in [3.8, 4) is 11.5 Å². The van der Waals surface area contributed by atoms with Gasteiger partial charge in [0.2, 0.25) is 12.7 Å². The van der Waals surface area contributed by atoms with Crippen LogP contribution in [0.2, 0.25) is 5.02 Å². The first-order valence-corrected chi connectivity index (χ1v) is 9.88. The lowest BCUT2D eigenvalue weighted by Gasteiger charge is -2.13. The number of hydrogen-bond donors (Lipinski definition) is 4. The molecule has 1 atom stereocenters. The predicted molar refractivity (Wildman–Crippen MR) is 117 cm³/mol. The van der Waals surface area contributed by atoms with Gasteiger partial charge in [0.1, 0.15) is 11.5 Å². The van der Waals surface area contributed by atoms with Crippen LogP contribution in [0.25, 0.3) is 0 Å². The Morgan fingerprint density at radius 3 is 2.94 bits per heavy atom. The first-order valence-electron chi connectivity index (χ1n) is 9.50. The average Bonchev–Trinajstić information content (AvgIpc) is 3.25. The minimum atomic E-state index is -0.337. The van der Waals surface area contributed by atoms with Crippen LogP contribution < -0.4 is 25.4 Å². The quantitative estimate of drug-likeness (QED) is 0.440. The topological polar surface area (TPSA) is 118 Å². The summed E-state index contributed by atoms with van der Waals surface area (Å²) >= 11 is 6.31. The Kier molecular flexibility index (Phi) is 6.06. The molecule has 10 heteroatoms. The first-order chi connectivity index (χ1) is 15.0. The molecule has 1 aromatic heterocycles. The van der Waals surface area contributed by atoms with E-state index < -0.39 is 0 Å². The third-order valence-corrected chi connectivity index (χ3v) is 4.74. The van der Waals surface area contributed by atoms with Gasteiger partial charge in [-0.1, -0.05) is 17.7 Å². The number of nitrogens with zero attached hydrogens (tertiary/aromatic N) is 2. The molecule has 1 aliphatic rings. The van der Waals surface area contributed by atoms with Crippen LogP contribution in [0.15, 0.2) is 48.7 Å². The van der Waals surface area contributed by atoms with Crippen LogP contribution in [0.3, 0.4) is 0 Å². The smallest absolute Gasteiger partial charge is 0.251 e. The highest BCUT2D eigenvalue weighted by Crippen LogP contribution is 2.44. The molecule has 0 radical (unpaired) electrons. The summed E-state index contributed by atoms with van der Waals surface area (Å²) in [6.45, 7) is 1.71. The molecule has 4 rings (SSSR count). The van der Waals surface area contributed by atoms with Crippen LogP contribution in [-0.2, 0) is 0 Å². The van der Waals surface area contributed by atoms with Gasteiger partial charge >= 0.3 is 0 Å². The summed E-state index contributed by atoms with van der Waals surface area (Å²) in [5.41, 5.74) is 1.64. The fourth-order valence-electron chi connectivity index (χ4n) is 2.90. The van der Waals surface area contributed by atoms with Crippen molar-refractivity contribution in [2.75, 3.05) is 24.0 Å². The summed E-state index contributed by atoms with van der Waals surface area (Å²) in [5, 5.41) is 18.5. The molecule has 31 heavy (non-hydrogen) atoms. The normalized spacial score (nSPS) is 12.9. The zero-order valence-electron chi connectivity index (χ0n) is 16.6. The van der Waals surface area contributed by atoms with E-state index in [0.717, 1.165) is 0 Å². The molecule has 0 saturated carbocycles. The number of fused-ring (bicyclic) bond motifs is 1. The maximum absolute atomic E-state index is 12.3. The molecule has 0 spiro atoms. The largest absolute Gasteiger partial charge is 0.454 e.